The van der Waals surface area contributed by atoms with E-state index in [0.29, 0.717) is 13.1 Å². The lowest BCUT2D eigenvalue weighted by molar-refractivity contribution is -0.137. The third-order valence-electron chi connectivity index (χ3n) is 3.61. The van der Waals surface area contributed by atoms with Gasteiger partial charge in [0.05, 0.1) is 11.4 Å². The molecule has 0 bridgehead atoms. The van der Waals surface area contributed by atoms with E-state index in [2.05, 4.69) is 10.2 Å². The number of fused-ring (bicyclic) bond motifs is 1. The quantitative estimate of drug-likeness (QED) is 0.886. The van der Waals surface area contributed by atoms with Crippen LogP contribution in [0.25, 0.3) is 0 Å². The van der Waals surface area contributed by atoms with Gasteiger partial charge in [0.25, 0.3) is 0 Å². The van der Waals surface area contributed by atoms with E-state index < -0.39 is 5.97 Å². The minimum absolute atomic E-state index is 0.0552. The molecular weight excluding hydrogens is 270 g/mol. The minimum atomic E-state index is -0.846. The van der Waals surface area contributed by atoms with Crippen LogP contribution in [-0.2, 0) is 4.79 Å². The first-order chi connectivity index (χ1) is 9.99. The number of para-hydroxylation sites is 2. The molecule has 2 N–H and O–H groups in total. The zero-order valence-electron chi connectivity index (χ0n) is 12.4. The number of rotatable bonds is 4. The lowest BCUT2D eigenvalue weighted by Crippen LogP contribution is -2.48. The summed E-state index contributed by atoms with van der Waals surface area (Å²) < 4.78 is 0. The molecule has 1 atom stereocenters. The van der Waals surface area contributed by atoms with Crippen LogP contribution in [0.2, 0.25) is 0 Å². The van der Waals surface area contributed by atoms with E-state index in [9.17, 15) is 9.59 Å². The second-order valence-electron chi connectivity index (χ2n) is 5.45. The standard InChI is InChI=1S/C15H21N3O3/c1-11(9-14(19)20)10-16-15(21)18-8-7-17(2)12-5-3-4-6-13(12)18/h3-6,11H,7-10H2,1-2H3,(H,16,21)(H,19,20). The van der Waals surface area contributed by atoms with Crippen LogP contribution in [0.4, 0.5) is 16.2 Å². The molecule has 1 aliphatic rings. The van der Waals surface area contributed by atoms with Crippen molar-refractivity contribution in [2.45, 2.75) is 13.3 Å². The summed E-state index contributed by atoms with van der Waals surface area (Å²) in [6, 6.07) is 7.59. The number of urea groups is 1. The first-order valence-corrected chi connectivity index (χ1v) is 7.06. The summed E-state index contributed by atoms with van der Waals surface area (Å²) in [6.45, 7) is 3.56. The fourth-order valence-electron chi connectivity index (χ4n) is 2.44. The van der Waals surface area contributed by atoms with Crippen molar-refractivity contribution < 1.29 is 14.7 Å². The molecule has 0 radical (unpaired) electrons. The van der Waals surface area contributed by atoms with Crippen LogP contribution in [0.15, 0.2) is 24.3 Å². The van der Waals surface area contributed by atoms with Crippen molar-refractivity contribution in [2.24, 2.45) is 5.92 Å². The summed E-state index contributed by atoms with van der Waals surface area (Å²) >= 11 is 0. The molecule has 1 heterocycles. The minimum Gasteiger partial charge on any atom is -0.481 e. The summed E-state index contributed by atoms with van der Waals surface area (Å²) in [5.74, 6) is -0.934. The number of aliphatic carboxylic acids is 1. The highest BCUT2D eigenvalue weighted by Gasteiger charge is 2.24. The fourth-order valence-corrected chi connectivity index (χ4v) is 2.44. The van der Waals surface area contributed by atoms with Crippen molar-refractivity contribution in [3.63, 3.8) is 0 Å². The number of anilines is 2. The number of amides is 2. The lowest BCUT2D eigenvalue weighted by atomic mass is 10.1. The topological polar surface area (TPSA) is 72.9 Å². The number of nitrogens with one attached hydrogen (secondary N) is 1. The molecule has 0 aliphatic carbocycles. The molecule has 1 unspecified atom stereocenters. The Morgan fingerprint density at radius 1 is 1.29 bits per heavy atom. The van der Waals surface area contributed by atoms with Crippen LogP contribution in [0.5, 0.6) is 0 Å². The Balaban J connectivity index is 2.00. The summed E-state index contributed by atoms with van der Waals surface area (Å²) in [7, 11) is 2.00. The second-order valence-corrected chi connectivity index (χ2v) is 5.45. The van der Waals surface area contributed by atoms with E-state index in [-0.39, 0.29) is 18.4 Å². The van der Waals surface area contributed by atoms with Crippen LogP contribution >= 0.6 is 0 Å². The van der Waals surface area contributed by atoms with Gasteiger partial charge >= 0.3 is 12.0 Å². The van der Waals surface area contributed by atoms with Crippen molar-refractivity contribution in [3.05, 3.63) is 24.3 Å². The maximum absolute atomic E-state index is 12.3. The predicted molar refractivity (Wildman–Crippen MR) is 81.9 cm³/mol. The largest absolute Gasteiger partial charge is 0.481 e. The number of benzene rings is 1. The monoisotopic (exact) mass is 291 g/mol. The Morgan fingerprint density at radius 2 is 1.95 bits per heavy atom. The van der Waals surface area contributed by atoms with Gasteiger partial charge in [-0.1, -0.05) is 19.1 Å². The van der Waals surface area contributed by atoms with Gasteiger partial charge in [0.1, 0.15) is 0 Å². The van der Waals surface area contributed by atoms with Crippen molar-refractivity contribution in [3.8, 4) is 0 Å². The van der Waals surface area contributed by atoms with Gasteiger partial charge in [-0.15, -0.1) is 0 Å². The number of carboxylic acid groups (broad SMARTS) is 1. The third kappa shape index (κ3) is 3.65. The third-order valence-corrected chi connectivity index (χ3v) is 3.61. The zero-order valence-corrected chi connectivity index (χ0v) is 12.4. The highest BCUT2D eigenvalue weighted by atomic mass is 16.4. The first-order valence-electron chi connectivity index (χ1n) is 7.06. The van der Waals surface area contributed by atoms with E-state index in [4.69, 9.17) is 5.11 Å². The van der Waals surface area contributed by atoms with E-state index in [1.54, 1.807) is 4.90 Å². The number of likely N-dealkylation sites (N-methyl/N-ethyl adjacent to an activating group) is 1. The van der Waals surface area contributed by atoms with Gasteiger partial charge in [0.2, 0.25) is 0 Å². The maximum Gasteiger partial charge on any atom is 0.322 e. The Morgan fingerprint density at radius 3 is 2.62 bits per heavy atom. The number of carbonyl (C=O) groups excluding carboxylic acids is 1. The van der Waals surface area contributed by atoms with Gasteiger partial charge in [-0.3, -0.25) is 9.69 Å². The van der Waals surface area contributed by atoms with E-state index >= 15 is 0 Å². The molecular formula is C15H21N3O3. The number of carboxylic acids is 1. The second kappa shape index (κ2) is 6.47. The van der Waals surface area contributed by atoms with Gasteiger partial charge in [0, 0.05) is 33.1 Å². The maximum atomic E-state index is 12.3. The van der Waals surface area contributed by atoms with Crippen molar-refractivity contribution in [1.82, 2.24) is 5.32 Å². The molecule has 0 fully saturated rings. The molecule has 114 valence electrons. The van der Waals surface area contributed by atoms with Gasteiger partial charge in [-0.2, -0.15) is 0 Å². The Bertz CT molecular complexity index is 533. The number of nitrogens with zero attached hydrogens (tertiary/aromatic N) is 2. The molecule has 1 aromatic rings. The molecule has 1 aromatic carbocycles. The van der Waals surface area contributed by atoms with Gasteiger partial charge in [-0.05, 0) is 18.1 Å². The summed E-state index contributed by atoms with van der Waals surface area (Å²) in [5.41, 5.74) is 1.91. The molecule has 2 rings (SSSR count). The van der Waals surface area contributed by atoms with Gasteiger partial charge < -0.3 is 15.3 Å². The molecule has 0 spiro atoms. The number of carbonyl (C=O) groups is 2. The van der Waals surface area contributed by atoms with Crippen molar-refractivity contribution in [2.75, 3.05) is 36.5 Å². The fraction of sp³-hybridized carbons (Fsp3) is 0.467. The van der Waals surface area contributed by atoms with Crippen molar-refractivity contribution in [1.29, 1.82) is 0 Å². The summed E-state index contributed by atoms with van der Waals surface area (Å²) in [4.78, 5) is 26.8. The van der Waals surface area contributed by atoms with Crippen LogP contribution in [0, 0.1) is 5.92 Å². The van der Waals surface area contributed by atoms with Crippen LogP contribution in [-0.4, -0.2) is 43.8 Å². The summed E-state index contributed by atoms with van der Waals surface area (Å²) in [5, 5.41) is 11.5. The van der Waals surface area contributed by atoms with E-state index in [1.165, 1.54) is 0 Å². The van der Waals surface area contributed by atoms with Crippen LogP contribution in [0.1, 0.15) is 13.3 Å². The zero-order chi connectivity index (χ0) is 15.4. The van der Waals surface area contributed by atoms with Crippen LogP contribution in [0.3, 0.4) is 0 Å². The molecule has 6 heteroatoms. The SMILES string of the molecule is CC(CNC(=O)N1CCN(C)c2ccccc21)CC(=O)O. The lowest BCUT2D eigenvalue weighted by Gasteiger charge is -2.35. The Labute approximate surface area is 124 Å². The average Bonchev–Trinajstić information content (AvgIpc) is 2.45. The smallest absolute Gasteiger partial charge is 0.322 e. The predicted octanol–water partition coefficient (Wildman–Crippen LogP) is 1.76. The molecule has 6 nitrogen and oxygen atoms in total. The Hall–Kier alpha value is -2.24. The first kappa shape index (κ1) is 15.2. The number of hydrogen-bond donors (Lipinski definition) is 2. The van der Waals surface area contributed by atoms with E-state index in [1.807, 2.05) is 38.2 Å². The van der Waals surface area contributed by atoms with Gasteiger partial charge in [0.15, 0.2) is 0 Å². The molecule has 0 aromatic heterocycles. The van der Waals surface area contributed by atoms with Crippen LogP contribution < -0.4 is 15.1 Å². The summed E-state index contributed by atoms with van der Waals surface area (Å²) in [6.07, 6.45) is 0.0552. The highest BCUT2D eigenvalue weighted by Crippen LogP contribution is 2.31. The normalized spacial score (nSPS) is 15.3. The van der Waals surface area contributed by atoms with E-state index in [0.717, 1.165) is 17.9 Å². The molecule has 0 saturated carbocycles. The molecule has 0 saturated heterocycles. The molecule has 1 aliphatic heterocycles. The van der Waals surface area contributed by atoms with Crippen molar-refractivity contribution >= 4 is 23.4 Å². The number of hydrogen-bond acceptors (Lipinski definition) is 3. The average molecular weight is 291 g/mol. The Kier molecular flexibility index (Phi) is 4.67. The molecule has 21 heavy (non-hydrogen) atoms. The van der Waals surface area contributed by atoms with Gasteiger partial charge in [-0.25, -0.2) is 4.79 Å². The molecule has 2 amide bonds. The highest BCUT2D eigenvalue weighted by molar-refractivity contribution is 5.96.